The molecule has 3 N–H and O–H groups in total. The second-order valence-corrected chi connectivity index (χ2v) is 6.11. The number of rotatable bonds is 6. The highest BCUT2D eigenvalue weighted by molar-refractivity contribution is 5.02. The Balaban J connectivity index is 2.74. The molecule has 1 fully saturated rings. The first kappa shape index (κ1) is 15.9. The molecule has 5 heteroatoms. The molecule has 5 nitrogen and oxygen atoms in total. The van der Waals surface area contributed by atoms with Gasteiger partial charge >= 0.3 is 0 Å². The lowest BCUT2D eigenvalue weighted by Gasteiger charge is -2.32. The van der Waals surface area contributed by atoms with Crippen LogP contribution in [0.25, 0.3) is 0 Å². The number of hydrogen-bond donors (Lipinski definition) is 3. The Labute approximate surface area is 109 Å². The van der Waals surface area contributed by atoms with Gasteiger partial charge in [-0.15, -0.1) is 0 Å². The van der Waals surface area contributed by atoms with Crippen LogP contribution in [0, 0.1) is 5.92 Å². The zero-order valence-corrected chi connectivity index (χ0v) is 11.9. The van der Waals surface area contributed by atoms with Crippen molar-refractivity contribution in [3.63, 3.8) is 0 Å². The lowest BCUT2D eigenvalue weighted by Crippen LogP contribution is -2.45. The molecule has 0 aromatic rings. The average Bonchev–Trinajstić information content (AvgIpc) is 2.37. The first-order valence-corrected chi connectivity index (χ1v) is 6.57. The van der Waals surface area contributed by atoms with E-state index in [4.69, 9.17) is 14.9 Å². The van der Waals surface area contributed by atoms with E-state index in [2.05, 4.69) is 0 Å². The van der Waals surface area contributed by atoms with Crippen LogP contribution in [0.1, 0.15) is 27.7 Å². The van der Waals surface area contributed by atoms with Crippen LogP contribution in [-0.2, 0) is 4.74 Å². The Morgan fingerprint density at radius 1 is 1.00 bits per heavy atom. The van der Waals surface area contributed by atoms with Gasteiger partial charge in [0.05, 0.1) is 30.5 Å². The molecule has 0 saturated carbocycles. The minimum absolute atomic E-state index is 0.0365. The lowest BCUT2D eigenvalue weighted by molar-refractivity contribution is -0.0914. The van der Waals surface area contributed by atoms with Crippen molar-refractivity contribution in [3.8, 4) is 0 Å². The topological polar surface area (TPSA) is 73.2 Å². The lowest BCUT2D eigenvalue weighted by atomic mass is 9.84. The van der Waals surface area contributed by atoms with E-state index in [1.54, 1.807) is 0 Å². The van der Waals surface area contributed by atoms with E-state index in [1.165, 1.54) is 0 Å². The molecule has 2 unspecified atom stereocenters. The Morgan fingerprint density at radius 2 is 1.50 bits per heavy atom. The summed E-state index contributed by atoms with van der Waals surface area (Å²) >= 11 is 0. The maximum Gasteiger partial charge on any atom is 0.0896 e. The molecule has 1 heterocycles. The van der Waals surface area contributed by atoms with Crippen LogP contribution >= 0.6 is 0 Å². The first-order chi connectivity index (χ1) is 8.24. The highest BCUT2D eigenvalue weighted by Crippen LogP contribution is 2.42. The van der Waals surface area contributed by atoms with Crippen molar-refractivity contribution in [1.82, 2.24) is 4.90 Å². The van der Waals surface area contributed by atoms with Crippen molar-refractivity contribution in [3.05, 3.63) is 0 Å². The summed E-state index contributed by atoms with van der Waals surface area (Å²) in [6, 6.07) is 0. The number of aliphatic hydroxyl groups excluding tert-OH is 3. The van der Waals surface area contributed by atoms with E-state index in [9.17, 15) is 5.11 Å². The summed E-state index contributed by atoms with van der Waals surface area (Å²) in [6.45, 7) is 9.45. The van der Waals surface area contributed by atoms with E-state index < -0.39 is 17.3 Å². The van der Waals surface area contributed by atoms with E-state index in [0.29, 0.717) is 19.6 Å². The molecular formula is C13H27NO4. The third kappa shape index (κ3) is 3.42. The second kappa shape index (κ2) is 5.84. The minimum Gasteiger partial charge on any atom is -0.395 e. The summed E-state index contributed by atoms with van der Waals surface area (Å²) in [7, 11) is 0. The Hall–Kier alpha value is -0.200. The molecule has 0 aliphatic carbocycles. The van der Waals surface area contributed by atoms with Gasteiger partial charge in [-0.1, -0.05) is 0 Å². The summed E-state index contributed by atoms with van der Waals surface area (Å²) in [5.74, 6) is -0.0365. The number of nitrogens with zero attached hydrogens (tertiary/aromatic N) is 1. The fourth-order valence-electron chi connectivity index (χ4n) is 2.85. The molecule has 1 aliphatic heterocycles. The average molecular weight is 261 g/mol. The van der Waals surface area contributed by atoms with Gasteiger partial charge in [-0.05, 0) is 27.7 Å². The van der Waals surface area contributed by atoms with Crippen LogP contribution in [-0.4, -0.2) is 70.4 Å². The van der Waals surface area contributed by atoms with E-state index in [-0.39, 0.29) is 19.1 Å². The molecule has 1 rings (SSSR count). The summed E-state index contributed by atoms with van der Waals surface area (Å²) < 4.78 is 5.92. The van der Waals surface area contributed by atoms with E-state index >= 15 is 0 Å². The highest BCUT2D eigenvalue weighted by atomic mass is 16.5. The Morgan fingerprint density at radius 3 is 1.83 bits per heavy atom. The molecule has 0 aromatic heterocycles. The van der Waals surface area contributed by atoms with Crippen molar-refractivity contribution in [2.75, 3.05) is 32.8 Å². The van der Waals surface area contributed by atoms with Crippen molar-refractivity contribution in [2.45, 2.75) is 45.0 Å². The summed E-state index contributed by atoms with van der Waals surface area (Å²) in [5, 5.41) is 28.4. The fraction of sp³-hybridized carbons (Fsp3) is 1.00. The smallest absolute Gasteiger partial charge is 0.0896 e. The molecule has 0 amide bonds. The zero-order valence-electron chi connectivity index (χ0n) is 11.9. The molecule has 0 aromatic carbocycles. The molecule has 0 spiro atoms. The van der Waals surface area contributed by atoms with Crippen molar-refractivity contribution in [1.29, 1.82) is 0 Å². The van der Waals surface area contributed by atoms with Crippen molar-refractivity contribution in [2.24, 2.45) is 5.92 Å². The number of ether oxygens (including phenoxy) is 1. The zero-order chi connectivity index (χ0) is 14.0. The maximum atomic E-state index is 10.4. The highest BCUT2D eigenvalue weighted by Gasteiger charge is 2.53. The predicted octanol–water partition coefficient (Wildman–Crippen LogP) is -0.162. The predicted molar refractivity (Wildman–Crippen MR) is 69.4 cm³/mol. The van der Waals surface area contributed by atoms with Crippen LogP contribution in [0.2, 0.25) is 0 Å². The molecule has 2 atom stereocenters. The first-order valence-electron chi connectivity index (χ1n) is 6.57. The van der Waals surface area contributed by atoms with Gasteiger partial charge in [0.25, 0.3) is 0 Å². The maximum absolute atomic E-state index is 10.4. The van der Waals surface area contributed by atoms with Gasteiger partial charge in [0.1, 0.15) is 0 Å². The monoisotopic (exact) mass is 261 g/mol. The molecule has 0 bridgehead atoms. The fourth-order valence-corrected chi connectivity index (χ4v) is 2.85. The summed E-state index contributed by atoms with van der Waals surface area (Å²) in [4.78, 5) is 1.96. The molecule has 0 radical (unpaired) electrons. The Kier molecular flexibility index (Phi) is 5.14. The third-order valence-corrected chi connectivity index (χ3v) is 3.80. The van der Waals surface area contributed by atoms with Gasteiger partial charge < -0.3 is 20.1 Å². The quantitative estimate of drug-likeness (QED) is 0.619. The van der Waals surface area contributed by atoms with Crippen LogP contribution in [0.5, 0.6) is 0 Å². The normalized spacial score (nSPS) is 30.0. The number of hydrogen-bond acceptors (Lipinski definition) is 5. The van der Waals surface area contributed by atoms with Gasteiger partial charge in [-0.2, -0.15) is 0 Å². The van der Waals surface area contributed by atoms with Crippen molar-refractivity contribution < 1.29 is 20.1 Å². The van der Waals surface area contributed by atoms with Crippen LogP contribution in [0.15, 0.2) is 0 Å². The SMILES string of the molecule is CC1(C)OC(C)(C)C(CN(CCO)CCO)C1O. The van der Waals surface area contributed by atoms with Crippen LogP contribution in [0.4, 0.5) is 0 Å². The third-order valence-electron chi connectivity index (χ3n) is 3.80. The molecule has 108 valence electrons. The summed E-state index contributed by atoms with van der Waals surface area (Å²) in [6.07, 6.45) is -0.549. The van der Waals surface area contributed by atoms with Gasteiger partial charge in [0.2, 0.25) is 0 Å². The van der Waals surface area contributed by atoms with Gasteiger partial charge in [-0.3, -0.25) is 4.90 Å². The largest absolute Gasteiger partial charge is 0.395 e. The molecule has 1 saturated heterocycles. The molecular weight excluding hydrogens is 234 g/mol. The summed E-state index contributed by atoms with van der Waals surface area (Å²) in [5.41, 5.74) is -0.968. The number of aliphatic hydroxyl groups is 3. The Bertz CT molecular complexity index is 262. The second-order valence-electron chi connectivity index (χ2n) is 6.11. The molecule has 18 heavy (non-hydrogen) atoms. The van der Waals surface area contributed by atoms with E-state index in [0.717, 1.165) is 0 Å². The van der Waals surface area contributed by atoms with E-state index in [1.807, 2.05) is 32.6 Å². The van der Waals surface area contributed by atoms with Gasteiger partial charge in [-0.25, -0.2) is 0 Å². The standard InChI is InChI=1S/C13H27NO4/c1-12(2)10(11(17)13(3,4)18-12)9-14(5-7-15)6-8-16/h10-11,15-17H,5-9H2,1-4H3. The van der Waals surface area contributed by atoms with Crippen LogP contribution in [0.3, 0.4) is 0 Å². The van der Waals surface area contributed by atoms with Crippen LogP contribution < -0.4 is 0 Å². The van der Waals surface area contributed by atoms with Crippen molar-refractivity contribution >= 4 is 0 Å². The van der Waals surface area contributed by atoms with Gasteiger partial charge in [0.15, 0.2) is 0 Å². The molecule has 1 aliphatic rings. The van der Waals surface area contributed by atoms with Gasteiger partial charge in [0, 0.05) is 25.6 Å². The minimum atomic E-state index is -0.557.